The molecule has 0 saturated carbocycles. The van der Waals surface area contributed by atoms with E-state index >= 15 is 0 Å². The van der Waals surface area contributed by atoms with Crippen LogP contribution in [0.1, 0.15) is 36.6 Å². The fourth-order valence-corrected chi connectivity index (χ4v) is 2.52. The van der Waals surface area contributed by atoms with Gasteiger partial charge in [0.2, 0.25) is 5.91 Å². The van der Waals surface area contributed by atoms with Gasteiger partial charge in [-0.15, -0.1) is 11.3 Å². The van der Waals surface area contributed by atoms with E-state index in [0.29, 0.717) is 0 Å². The topological polar surface area (TPSA) is 55.1 Å². The molecule has 15 heavy (non-hydrogen) atoms. The van der Waals surface area contributed by atoms with Gasteiger partial charge in [0.1, 0.15) is 6.04 Å². The average Bonchev–Trinajstić information content (AvgIpc) is 2.52. The van der Waals surface area contributed by atoms with Crippen LogP contribution in [0, 0.1) is 0 Å². The molecular weight excluding hydrogens is 208 g/mol. The van der Waals surface area contributed by atoms with Crippen LogP contribution >= 0.6 is 11.3 Å². The molecule has 0 aliphatic rings. The van der Waals surface area contributed by atoms with E-state index in [1.807, 2.05) is 6.07 Å². The molecule has 3 nitrogen and oxygen atoms in total. The largest absolute Gasteiger partial charge is 0.368 e. The summed E-state index contributed by atoms with van der Waals surface area (Å²) in [5.41, 5.74) is 5.43. The summed E-state index contributed by atoms with van der Waals surface area (Å²) in [5.74, 6) is -0.334. The summed E-state index contributed by atoms with van der Waals surface area (Å²) in [6, 6.07) is 3.66. The highest BCUT2D eigenvalue weighted by Crippen LogP contribution is 2.32. The van der Waals surface area contributed by atoms with Crippen LogP contribution in [0.25, 0.3) is 0 Å². The average molecular weight is 226 g/mol. The van der Waals surface area contributed by atoms with Gasteiger partial charge in [0.25, 0.3) is 0 Å². The monoisotopic (exact) mass is 226 g/mol. The fourth-order valence-electron chi connectivity index (χ4n) is 1.34. The van der Waals surface area contributed by atoms with Gasteiger partial charge in [0.05, 0.1) is 0 Å². The summed E-state index contributed by atoms with van der Waals surface area (Å²) in [7, 11) is 1.74. The lowest BCUT2D eigenvalue weighted by Gasteiger charge is -2.16. The number of carbonyl (C=O) groups is 1. The molecule has 0 spiro atoms. The van der Waals surface area contributed by atoms with E-state index < -0.39 is 0 Å². The minimum atomic E-state index is -0.369. The van der Waals surface area contributed by atoms with Gasteiger partial charge in [-0.05, 0) is 24.6 Å². The van der Waals surface area contributed by atoms with E-state index in [1.165, 1.54) is 4.88 Å². The summed E-state index contributed by atoms with van der Waals surface area (Å²) in [6.07, 6.45) is 0. The van der Waals surface area contributed by atoms with Crippen LogP contribution in [-0.2, 0) is 10.2 Å². The van der Waals surface area contributed by atoms with Crippen molar-refractivity contribution in [1.82, 2.24) is 5.32 Å². The Morgan fingerprint density at radius 2 is 2.07 bits per heavy atom. The number of hydrogen-bond donors (Lipinski definition) is 2. The molecule has 0 radical (unpaired) electrons. The summed E-state index contributed by atoms with van der Waals surface area (Å²) >= 11 is 1.64. The number of likely N-dealkylation sites (N-methyl/N-ethyl adjacent to an activating group) is 1. The summed E-state index contributed by atoms with van der Waals surface area (Å²) in [5, 5.41) is 2.92. The predicted octanol–water partition coefficient (Wildman–Crippen LogP) is 1.79. The second-order valence-electron chi connectivity index (χ2n) is 4.58. The van der Waals surface area contributed by atoms with Crippen LogP contribution in [0.15, 0.2) is 12.1 Å². The van der Waals surface area contributed by atoms with Crippen molar-refractivity contribution in [3.05, 3.63) is 21.9 Å². The number of nitrogens with two attached hydrogens (primary N) is 1. The highest BCUT2D eigenvalue weighted by atomic mass is 32.1. The summed E-state index contributed by atoms with van der Waals surface area (Å²) in [6.45, 7) is 6.46. The third kappa shape index (κ3) is 2.79. The van der Waals surface area contributed by atoms with E-state index in [2.05, 4.69) is 32.2 Å². The van der Waals surface area contributed by atoms with Crippen LogP contribution < -0.4 is 11.1 Å². The number of nitrogens with one attached hydrogen (secondary N) is 1. The maximum Gasteiger partial charge on any atom is 0.239 e. The lowest BCUT2D eigenvalue weighted by Crippen LogP contribution is -2.30. The number of hydrogen-bond acceptors (Lipinski definition) is 3. The number of thiophene rings is 1. The molecule has 1 atom stereocenters. The predicted molar refractivity (Wildman–Crippen MR) is 64.0 cm³/mol. The van der Waals surface area contributed by atoms with Gasteiger partial charge >= 0.3 is 0 Å². The van der Waals surface area contributed by atoms with Gasteiger partial charge in [0.15, 0.2) is 0 Å². The van der Waals surface area contributed by atoms with Crippen molar-refractivity contribution >= 4 is 17.2 Å². The standard InChI is InChI=1S/C11H18N2OS/c1-11(2,3)8-6-5-7(15-8)9(13-4)10(12)14/h5-6,9,13H,1-4H3,(H2,12,14). The summed E-state index contributed by atoms with van der Waals surface area (Å²) in [4.78, 5) is 13.4. The van der Waals surface area contributed by atoms with Crippen LogP contribution in [0.5, 0.6) is 0 Å². The van der Waals surface area contributed by atoms with E-state index in [4.69, 9.17) is 5.73 Å². The second-order valence-corrected chi connectivity index (χ2v) is 5.69. The Kier molecular flexibility index (Phi) is 3.52. The Morgan fingerprint density at radius 1 is 1.47 bits per heavy atom. The first-order valence-electron chi connectivity index (χ1n) is 4.93. The first kappa shape index (κ1) is 12.2. The number of carbonyl (C=O) groups excluding carboxylic acids is 1. The van der Waals surface area contributed by atoms with Crippen LogP contribution in [-0.4, -0.2) is 13.0 Å². The fraction of sp³-hybridized carbons (Fsp3) is 0.545. The Morgan fingerprint density at radius 3 is 2.40 bits per heavy atom. The lowest BCUT2D eigenvalue weighted by molar-refractivity contribution is -0.119. The molecule has 0 aliphatic heterocycles. The van der Waals surface area contributed by atoms with Crippen LogP contribution in [0.2, 0.25) is 0 Å². The number of primary amides is 1. The van der Waals surface area contributed by atoms with E-state index in [9.17, 15) is 4.79 Å². The van der Waals surface area contributed by atoms with Gasteiger partial charge in [-0.2, -0.15) is 0 Å². The molecule has 84 valence electrons. The number of rotatable bonds is 3. The second kappa shape index (κ2) is 4.33. The lowest BCUT2D eigenvalue weighted by atomic mass is 9.95. The van der Waals surface area contributed by atoms with Gasteiger partial charge in [-0.3, -0.25) is 4.79 Å². The third-order valence-corrected chi connectivity index (χ3v) is 3.80. The molecule has 1 aromatic heterocycles. The quantitative estimate of drug-likeness (QED) is 0.825. The maximum atomic E-state index is 11.2. The van der Waals surface area contributed by atoms with Crippen molar-refractivity contribution in [2.24, 2.45) is 5.73 Å². The molecule has 0 aromatic carbocycles. The summed E-state index contributed by atoms with van der Waals surface area (Å²) < 4.78 is 0. The highest BCUT2D eigenvalue weighted by Gasteiger charge is 2.21. The van der Waals surface area contributed by atoms with Gasteiger partial charge in [-0.25, -0.2) is 0 Å². The first-order chi connectivity index (χ1) is 6.86. The van der Waals surface area contributed by atoms with Gasteiger partial charge < -0.3 is 11.1 Å². The minimum Gasteiger partial charge on any atom is -0.368 e. The molecule has 0 saturated heterocycles. The molecule has 1 amide bonds. The zero-order chi connectivity index (χ0) is 11.6. The molecule has 4 heteroatoms. The molecule has 1 unspecified atom stereocenters. The zero-order valence-electron chi connectivity index (χ0n) is 9.63. The Balaban J connectivity index is 2.97. The molecule has 1 aromatic rings. The van der Waals surface area contributed by atoms with Crippen molar-refractivity contribution < 1.29 is 4.79 Å². The van der Waals surface area contributed by atoms with Crippen molar-refractivity contribution in [3.8, 4) is 0 Å². The normalized spacial score (nSPS) is 13.9. The molecular formula is C11H18N2OS. The molecule has 0 aliphatic carbocycles. The van der Waals surface area contributed by atoms with E-state index in [-0.39, 0.29) is 17.4 Å². The third-order valence-electron chi connectivity index (χ3n) is 2.22. The van der Waals surface area contributed by atoms with Gasteiger partial charge in [0, 0.05) is 9.75 Å². The first-order valence-corrected chi connectivity index (χ1v) is 5.74. The molecule has 1 rings (SSSR count). The van der Waals surface area contributed by atoms with Crippen molar-refractivity contribution in [3.63, 3.8) is 0 Å². The van der Waals surface area contributed by atoms with Crippen LogP contribution in [0.3, 0.4) is 0 Å². The van der Waals surface area contributed by atoms with E-state index in [1.54, 1.807) is 18.4 Å². The molecule has 3 N–H and O–H groups in total. The SMILES string of the molecule is CNC(C(N)=O)c1ccc(C(C)(C)C)s1. The van der Waals surface area contributed by atoms with E-state index in [0.717, 1.165) is 4.88 Å². The maximum absolute atomic E-state index is 11.2. The smallest absolute Gasteiger partial charge is 0.239 e. The zero-order valence-corrected chi connectivity index (χ0v) is 10.4. The highest BCUT2D eigenvalue weighted by molar-refractivity contribution is 7.12. The molecule has 1 heterocycles. The van der Waals surface area contributed by atoms with Crippen molar-refractivity contribution in [2.45, 2.75) is 32.2 Å². The minimum absolute atomic E-state index is 0.124. The Hall–Kier alpha value is -0.870. The Bertz CT molecular complexity index is 352. The van der Waals surface area contributed by atoms with Gasteiger partial charge in [-0.1, -0.05) is 20.8 Å². The number of amides is 1. The van der Waals surface area contributed by atoms with Crippen LogP contribution in [0.4, 0.5) is 0 Å². The molecule has 0 fully saturated rings. The van der Waals surface area contributed by atoms with Crippen molar-refractivity contribution in [1.29, 1.82) is 0 Å². The van der Waals surface area contributed by atoms with Crippen molar-refractivity contribution in [2.75, 3.05) is 7.05 Å². The molecule has 0 bridgehead atoms. The Labute approximate surface area is 94.7 Å².